The van der Waals surface area contributed by atoms with E-state index in [0.717, 1.165) is 18.9 Å². The molecule has 2 nitrogen and oxygen atoms in total. The molecule has 88 valence electrons. The zero-order valence-electron chi connectivity index (χ0n) is 9.86. The third-order valence-corrected chi connectivity index (χ3v) is 3.66. The maximum absolute atomic E-state index is 5.85. The molecule has 2 aromatic rings. The summed E-state index contributed by atoms with van der Waals surface area (Å²) in [7, 11) is 0. The number of hydrogen-bond acceptors (Lipinski definition) is 2. The highest BCUT2D eigenvalue weighted by molar-refractivity contribution is 5.83. The zero-order chi connectivity index (χ0) is 11.7. The lowest BCUT2D eigenvalue weighted by Gasteiger charge is -2.14. The van der Waals surface area contributed by atoms with Gasteiger partial charge in [0, 0.05) is 12.0 Å². The van der Waals surface area contributed by atoms with E-state index < -0.39 is 0 Å². The average Bonchev–Trinajstić information content (AvgIpc) is 3.17. The van der Waals surface area contributed by atoms with Crippen LogP contribution in [-0.4, -0.2) is 13.2 Å². The Morgan fingerprint density at radius 3 is 2.53 bits per heavy atom. The summed E-state index contributed by atoms with van der Waals surface area (Å²) < 4.78 is 5.85. The van der Waals surface area contributed by atoms with Crippen LogP contribution in [0.1, 0.15) is 12.8 Å². The standard InChI is InChI=1S/C15H17NO/c16-10-15(7-8-15)11-17-14-6-5-12-3-1-2-4-13(12)9-14/h1-6,9H,7-8,10-11,16H2. The Kier molecular flexibility index (Phi) is 2.52. The van der Waals surface area contributed by atoms with Crippen molar-refractivity contribution in [3.05, 3.63) is 42.5 Å². The molecule has 0 spiro atoms. The molecule has 3 rings (SSSR count). The lowest BCUT2D eigenvalue weighted by Crippen LogP contribution is -2.22. The number of rotatable bonds is 4. The molecule has 17 heavy (non-hydrogen) atoms. The van der Waals surface area contributed by atoms with Crippen LogP contribution in [0.15, 0.2) is 42.5 Å². The van der Waals surface area contributed by atoms with Crippen LogP contribution in [0.2, 0.25) is 0 Å². The summed E-state index contributed by atoms with van der Waals surface area (Å²) in [5, 5.41) is 2.47. The Labute approximate surface area is 101 Å². The highest BCUT2D eigenvalue weighted by Crippen LogP contribution is 2.44. The SMILES string of the molecule is NCC1(COc2ccc3ccccc3c2)CC1. The lowest BCUT2D eigenvalue weighted by molar-refractivity contribution is 0.239. The molecule has 2 aromatic carbocycles. The fraction of sp³-hybridized carbons (Fsp3) is 0.333. The number of benzene rings is 2. The summed E-state index contributed by atoms with van der Waals surface area (Å²) >= 11 is 0. The second-order valence-corrected chi connectivity index (χ2v) is 5.00. The maximum Gasteiger partial charge on any atom is 0.119 e. The number of nitrogens with two attached hydrogens (primary N) is 1. The predicted molar refractivity (Wildman–Crippen MR) is 70.2 cm³/mol. The quantitative estimate of drug-likeness (QED) is 0.871. The van der Waals surface area contributed by atoms with Crippen molar-refractivity contribution in [2.24, 2.45) is 11.1 Å². The maximum atomic E-state index is 5.85. The van der Waals surface area contributed by atoms with E-state index in [-0.39, 0.29) is 5.41 Å². The van der Waals surface area contributed by atoms with Gasteiger partial charge in [0.15, 0.2) is 0 Å². The molecule has 0 aliphatic heterocycles. The normalized spacial score (nSPS) is 17.0. The summed E-state index contributed by atoms with van der Waals surface area (Å²) in [6.07, 6.45) is 2.41. The minimum Gasteiger partial charge on any atom is -0.493 e. The van der Waals surface area contributed by atoms with Gasteiger partial charge in [0.1, 0.15) is 5.75 Å². The minimum atomic E-state index is 0.269. The van der Waals surface area contributed by atoms with Gasteiger partial charge in [-0.15, -0.1) is 0 Å². The molecule has 2 N–H and O–H groups in total. The largest absolute Gasteiger partial charge is 0.493 e. The van der Waals surface area contributed by atoms with E-state index in [0.29, 0.717) is 0 Å². The highest BCUT2D eigenvalue weighted by Gasteiger charge is 2.42. The second-order valence-electron chi connectivity index (χ2n) is 5.00. The number of ether oxygens (including phenoxy) is 1. The van der Waals surface area contributed by atoms with E-state index >= 15 is 0 Å². The van der Waals surface area contributed by atoms with E-state index in [9.17, 15) is 0 Å². The third-order valence-electron chi connectivity index (χ3n) is 3.66. The van der Waals surface area contributed by atoms with Gasteiger partial charge in [-0.3, -0.25) is 0 Å². The average molecular weight is 227 g/mol. The lowest BCUT2D eigenvalue weighted by atomic mass is 10.1. The minimum absolute atomic E-state index is 0.269. The Bertz CT molecular complexity index is 531. The molecular formula is C15H17NO. The molecule has 0 heterocycles. The number of fused-ring (bicyclic) bond motifs is 1. The van der Waals surface area contributed by atoms with Crippen LogP contribution in [0.5, 0.6) is 5.75 Å². The van der Waals surface area contributed by atoms with Gasteiger partial charge >= 0.3 is 0 Å². The first-order valence-corrected chi connectivity index (χ1v) is 6.13. The van der Waals surface area contributed by atoms with Gasteiger partial charge in [-0.05, 0) is 35.7 Å². The van der Waals surface area contributed by atoms with Gasteiger partial charge < -0.3 is 10.5 Å². The van der Waals surface area contributed by atoms with Crippen LogP contribution in [0, 0.1) is 5.41 Å². The van der Waals surface area contributed by atoms with Gasteiger partial charge in [-0.25, -0.2) is 0 Å². The van der Waals surface area contributed by atoms with Gasteiger partial charge in [0.2, 0.25) is 0 Å². The van der Waals surface area contributed by atoms with Crippen LogP contribution in [0.25, 0.3) is 10.8 Å². The van der Waals surface area contributed by atoms with E-state index in [2.05, 4.69) is 30.3 Å². The van der Waals surface area contributed by atoms with Crippen molar-refractivity contribution < 1.29 is 4.74 Å². The van der Waals surface area contributed by atoms with Crippen LogP contribution in [0.4, 0.5) is 0 Å². The molecule has 0 saturated heterocycles. The van der Waals surface area contributed by atoms with Gasteiger partial charge in [-0.2, -0.15) is 0 Å². The van der Waals surface area contributed by atoms with Crippen molar-refractivity contribution in [3.8, 4) is 5.75 Å². The van der Waals surface area contributed by atoms with Crippen LogP contribution >= 0.6 is 0 Å². The number of hydrogen-bond donors (Lipinski definition) is 1. The van der Waals surface area contributed by atoms with Gasteiger partial charge in [0.05, 0.1) is 6.61 Å². The first kappa shape index (κ1) is 10.6. The summed E-state index contributed by atoms with van der Waals surface area (Å²) in [4.78, 5) is 0. The predicted octanol–water partition coefficient (Wildman–Crippen LogP) is 2.96. The molecule has 0 aromatic heterocycles. The Morgan fingerprint density at radius 1 is 1.06 bits per heavy atom. The first-order chi connectivity index (χ1) is 8.31. The van der Waals surface area contributed by atoms with Crippen LogP contribution < -0.4 is 10.5 Å². The van der Waals surface area contributed by atoms with E-state index in [1.165, 1.54) is 23.6 Å². The molecule has 2 heteroatoms. The molecule has 0 radical (unpaired) electrons. The van der Waals surface area contributed by atoms with Crippen molar-refractivity contribution in [2.75, 3.05) is 13.2 Å². The summed E-state index contributed by atoms with van der Waals surface area (Å²) in [5.41, 5.74) is 6.01. The molecular weight excluding hydrogens is 210 g/mol. The summed E-state index contributed by atoms with van der Waals surface area (Å²) in [5.74, 6) is 0.948. The molecule has 1 saturated carbocycles. The Hall–Kier alpha value is -1.54. The van der Waals surface area contributed by atoms with Crippen molar-refractivity contribution in [3.63, 3.8) is 0 Å². The molecule has 0 atom stereocenters. The Morgan fingerprint density at radius 2 is 1.82 bits per heavy atom. The van der Waals surface area contributed by atoms with Crippen LogP contribution in [0.3, 0.4) is 0 Å². The van der Waals surface area contributed by atoms with E-state index in [4.69, 9.17) is 10.5 Å². The van der Waals surface area contributed by atoms with Crippen molar-refractivity contribution >= 4 is 10.8 Å². The second kappa shape index (κ2) is 4.04. The smallest absolute Gasteiger partial charge is 0.119 e. The third kappa shape index (κ3) is 2.13. The molecule has 1 fully saturated rings. The molecule has 1 aliphatic carbocycles. The van der Waals surface area contributed by atoms with Crippen molar-refractivity contribution in [1.82, 2.24) is 0 Å². The monoisotopic (exact) mass is 227 g/mol. The zero-order valence-corrected chi connectivity index (χ0v) is 9.86. The fourth-order valence-corrected chi connectivity index (χ4v) is 2.08. The fourth-order valence-electron chi connectivity index (χ4n) is 2.08. The molecule has 1 aliphatic rings. The van der Waals surface area contributed by atoms with Gasteiger partial charge in [-0.1, -0.05) is 30.3 Å². The van der Waals surface area contributed by atoms with Crippen molar-refractivity contribution in [1.29, 1.82) is 0 Å². The van der Waals surface area contributed by atoms with Crippen LogP contribution in [-0.2, 0) is 0 Å². The Balaban J connectivity index is 1.77. The topological polar surface area (TPSA) is 35.2 Å². The van der Waals surface area contributed by atoms with Gasteiger partial charge in [0.25, 0.3) is 0 Å². The van der Waals surface area contributed by atoms with E-state index in [1.54, 1.807) is 0 Å². The summed E-state index contributed by atoms with van der Waals surface area (Å²) in [6.45, 7) is 1.49. The van der Waals surface area contributed by atoms with Crippen molar-refractivity contribution in [2.45, 2.75) is 12.8 Å². The first-order valence-electron chi connectivity index (χ1n) is 6.13. The molecule has 0 amide bonds. The molecule has 0 unspecified atom stereocenters. The highest BCUT2D eigenvalue weighted by atomic mass is 16.5. The molecule has 0 bridgehead atoms. The van der Waals surface area contributed by atoms with E-state index in [1.807, 2.05) is 12.1 Å². The summed E-state index contributed by atoms with van der Waals surface area (Å²) in [6, 6.07) is 14.6.